The number of carbonyl (C=O) groups excluding carboxylic acids is 2. The second-order valence-corrected chi connectivity index (χ2v) is 4.56. The molecule has 17 heavy (non-hydrogen) atoms. The van der Waals surface area contributed by atoms with E-state index in [0.717, 1.165) is 19.3 Å². The van der Waals surface area contributed by atoms with Gasteiger partial charge in [0.2, 0.25) is 5.91 Å². The summed E-state index contributed by atoms with van der Waals surface area (Å²) in [6, 6.07) is 0. The maximum Gasteiger partial charge on any atom is 0.331 e. The number of nitrogens with one attached hydrogen (secondary N) is 1. The molecule has 0 aromatic rings. The fraction of sp³-hybridized carbons (Fsp3) is 0.833. The predicted molar refractivity (Wildman–Crippen MR) is 62.4 cm³/mol. The first kappa shape index (κ1) is 14.0. The molecular weight excluding hydrogens is 222 g/mol. The maximum absolute atomic E-state index is 11.9. The van der Waals surface area contributed by atoms with E-state index in [1.165, 1.54) is 7.11 Å². The van der Waals surface area contributed by atoms with Gasteiger partial charge in [-0.15, -0.1) is 0 Å². The Hall–Kier alpha value is -1.10. The van der Waals surface area contributed by atoms with Crippen molar-refractivity contribution in [3.63, 3.8) is 0 Å². The van der Waals surface area contributed by atoms with Crippen LogP contribution < -0.4 is 5.32 Å². The lowest BCUT2D eigenvalue weighted by Gasteiger charge is -2.28. The predicted octanol–water partition coefficient (Wildman–Crippen LogP) is 1.01. The molecule has 1 N–H and O–H groups in total. The van der Waals surface area contributed by atoms with Crippen LogP contribution in [-0.2, 0) is 19.1 Å². The third-order valence-electron chi connectivity index (χ3n) is 3.01. The van der Waals surface area contributed by atoms with E-state index in [2.05, 4.69) is 5.32 Å². The van der Waals surface area contributed by atoms with Gasteiger partial charge in [0, 0.05) is 6.61 Å². The first-order valence-corrected chi connectivity index (χ1v) is 6.05. The number of methoxy groups -OCH3 is 1. The largest absolute Gasteiger partial charge is 0.467 e. The normalized spacial score (nSPS) is 22.9. The summed E-state index contributed by atoms with van der Waals surface area (Å²) in [6.07, 6.45) is 2.53. The maximum atomic E-state index is 11.9. The molecule has 1 amide bonds. The summed E-state index contributed by atoms with van der Waals surface area (Å²) in [5.74, 6) is -0.630. The van der Waals surface area contributed by atoms with Gasteiger partial charge in [0.15, 0.2) is 0 Å². The van der Waals surface area contributed by atoms with Crippen LogP contribution in [0, 0.1) is 0 Å². The summed E-state index contributed by atoms with van der Waals surface area (Å²) in [6.45, 7) is 4.26. The second-order valence-electron chi connectivity index (χ2n) is 4.56. The fourth-order valence-electron chi connectivity index (χ4n) is 2.08. The molecule has 5 nitrogen and oxygen atoms in total. The topological polar surface area (TPSA) is 64.6 Å². The van der Waals surface area contributed by atoms with E-state index in [1.807, 2.05) is 6.92 Å². The quantitative estimate of drug-likeness (QED) is 0.732. The van der Waals surface area contributed by atoms with Crippen LogP contribution in [0.3, 0.4) is 0 Å². The summed E-state index contributed by atoms with van der Waals surface area (Å²) in [5.41, 5.74) is -0.952. The molecule has 0 saturated carbocycles. The average Bonchev–Trinajstić information content (AvgIpc) is 2.81. The highest BCUT2D eigenvalue weighted by Crippen LogP contribution is 2.17. The number of amides is 1. The molecule has 1 fully saturated rings. The van der Waals surface area contributed by atoms with Gasteiger partial charge in [-0.1, -0.05) is 13.3 Å². The van der Waals surface area contributed by atoms with Gasteiger partial charge in [0.1, 0.15) is 11.6 Å². The Bertz CT molecular complexity index is 286. The van der Waals surface area contributed by atoms with Crippen molar-refractivity contribution in [3.8, 4) is 0 Å². The fourth-order valence-corrected chi connectivity index (χ4v) is 2.08. The molecule has 1 rings (SSSR count). The second kappa shape index (κ2) is 6.00. The Morgan fingerprint density at radius 2 is 2.24 bits per heavy atom. The van der Waals surface area contributed by atoms with Crippen molar-refractivity contribution in [1.82, 2.24) is 5.32 Å². The number of hydrogen-bond acceptors (Lipinski definition) is 4. The van der Waals surface area contributed by atoms with E-state index in [0.29, 0.717) is 13.0 Å². The highest BCUT2D eigenvalue weighted by molar-refractivity contribution is 5.89. The Morgan fingerprint density at radius 1 is 1.53 bits per heavy atom. The smallest absolute Gasteiger partial charge is 0.331 e. The molecular formula is C12H21NO4. The van der Waals surface area contributed by atoms with Gasteiger partial charge in [-0.05, 0) is 26.2 Å². The van der Waals surface area contributed by atoms with Crippen LogP contribution in [0.5, 0.6) is 0 Å². The van der Waals surface area contributed by atoms with E-state index in [1.54, 1.807) is 6.92 Å². The monoisotopic (exact) mass is 243 g/mol. The molecule has 0 aromatic heterocycles. The zero-order valence-corrected chi connectivity index (χ0v) is 10.7. The first-order valence-electron chi connectivity index (χ1n) is 6.05. The van der Waals surface area contributed by atoms with E-state index in [9.17, 15) is 9.59 Å². The number of hydrogen-bond donors (Lipinski definition) is 1. The molecule has 1 aliphatic rings. The van der Waals surface area contributed by atoms with Crippen LogP contribution in [-0.4, -0.2) is 37.2 Å². The summed E-state index contributed by atoms with van der Waals surface area (Å²) < 4.78 is 10.0. The van der Waals surface area contributed by atoms with Crippen molar-refractivity contribution in [3.05, 3.63) is 0 Å². The van der Waals surface area contributed by atoms with Gasteiger partial charge in [0.05, 0.1) is 7.11 Å². The standard InChI is InChI=1S/C12H21NO4/c1-4-7-12(2,11(15)16-3)13-10(14)9-6-5-8-17-9/h9H,4-8H2,1-3H3,(H,13,14)/t9-,12?/m0/s1. The lowest BCUT2D eigenvalue weighted by molar-refractivity contribution is -0.152. The minimum absolute atomic E-state index is 0.219. The minimum atomic E-state index is -0.952. The molecule has 2 atom stereocenters. The highest BCUT2D eigenvalue weighted by Gasteiger charge is 2.37. The zero-order chi connectivity index (χ0) is 12.9. The Kier molecular flexibility index (Phi) is 4.93. The van der Waals surface area contributed by atoms with Crippen molar-refractivity contribution in [2.75, 3.05) is 13.7 Å². The van der Waals surface area contributed by atoms with Gasteiger partial charge in [-0.2, -0.15) is 0 Å². The van der Waals surface area contributed by atoms with Crippen molar-refractivity contribution in [1.29, 1.82) is 0 Å². The molecule has 5 heteroatoms. The van der Waals surface area contributed by atoms with Gasteiger partial charge >= 0.3 is 5.97 Å². The van der Waals surface area contributed by atoms with Crippen molar-refractivity contribution in [2.24, 2.45) is 0 Å². The Labute approximate surface area is 102 Å². The number of rotatable bonds is 5. The van der Waals surface area contributed by atoms with E-state index in [4.69, 9.17) is 9.47 Å². The van der Waals surface area contributed by atoms with Gasteiger partial charge < -0.3 is 14.8 Å². The molecule has 0 bridgehead atoms. The van der Waals surface area contributed by atoms with E-state index < -0.39 is 17.6 Å². The van der Waals surface area contributed by atoms with Gasteiger partial charge in [0.25, 0.3) is 0 Å². The van der Waals surface area contributed by atoms with Crippen LogP contribution in [0.1, 0.15) is 39.5 Å². The van der Waals surface area contributed by atoms with Crippen LogP contribution in [0.25, 0.3) is 0 Å². The van der Waals surface area contributed by atoms with E-state index >= 15 is 0 Å². The van der Waals surface area contributed by atoms with Crippen molar-refractivity contribution < 1.29 is 19.1 Å². The third-order valence-corrected chi connectivity index (χ3v) is 3.01. The molecule has 0 aliphatic carbocycles. The van der Waals surface area contributed by atoms with Gasteiger partial charge in [-0.3, -0.25) is 4.79 Å². The molecule has 0 spiro atoms. The molecule has 1 heterocycles. The minimum Gasteiger partial charge on any atom is -0.467 e. The molecule has 1 aliphatic heterocycles. The number of esters is 1. The zero-order valence-electron chi connectivity index (χ0n) is 10.7. The van der Waals surface area contributed by atoms with Crippen LogP contribution in [0.15, 0.2) is 0 Å². The van der Waals surface area contributed by atoms with Crippen LogP contribution >= 0.6 is 0 Å². The molecule has 1 unspecified atom stereocenters. The Morgan fingerprint density at radius 3 is 2.71 bits per heavy atom. The van der Waals surface area contributed by atoms with Crippen molar-refractivity contribution in [2.45, 2.75) is 51.2 Å². The highest BCUT2D eigenvalue weighted by atomic mass is 16.5. The first-order chi connectivity index (χ1) is 8.03. The molecule has 0 aromatic carbocycles. The third kappa shape index (κ3) is 3.43. The Balaban J connectivity index is 2.65. The summed E-state index contributed by atoms with van der Waals surface area (Å²) in [7, 11) is 1.33. The molecule has 98 valence electrons. The van der Waals surface area contributed by atoms with Crippen LogP contribution in [0.4, 0.5) is 0 Å². The average molecular weight is 243 g/mol. The molecule has 1 saturated heterocycles. The number of carbonyl (C=O) groups is 2. The van der Waals surface area contributed by atoms with Crippen LogP contribution in [0.2, 0.25) is 0 Å². The summed E-state index contributed by atoms with van der Waals surface area (Å²) >= 11 is 0. The van der Waals surface area contributed by atoms with Gasteiger partial charge in [-0.25, -0.2) is 4.79 Å². The summed E-state index contributed by atoms with van der Waals surface area (Å²) in [5, 5.41) is 2.75. The molecule has 0 radical (unpaired) electrons. The lowest BCUT2D eigenvalue weighted by Crippen LogP contribution is -2.55. The van der Waals surface area contributed by atoms with Crippen molar-refractivity contribution >= 4 is 11.9 Å². The SMILES string of the molecule is CCCC(C)(NC(=O)[C@@H]1CCCO1)C(=O)OC. The number of ether oxygens (including phenoxy) is 2. The summed E-state index contributed by atoms with van der Waals surface area (Å²) in [4.78, 5) is 23.6. The lowest BCUT2D eigenvalue weighted by atomic mass is 9.95. The van der Waals surface area contributed by atoms with E-state index in [-0.39, 0.29) is 5.91 Å².